The first kappa shape index (κ1) is 12.6. The number of hydrogen-bond acceptors (Lipinski definition) is 4. The van der Waals surface area contributed by atoms with Gasteiger partial charge in [-0.2, -0.15) is 0 Å². The third-order valence-electron chi connectivity index (χ3n) is 2.48. The molecular weight excluding hydrogens is 206 g/mol. The maximum Gasteiger partial charge on any atom is 0.278 e. The molecule has 0 atom stereocenters. The fourth-order valence-electron chi connectivity index (χ4n) is 1.61. The average Bonchev–Trinajstić information content (AvgIpc) is 2.21. The number of nitrogens with one attached hydrogen (secondary N) is 1. The summed E-state index contributed by atoms with van der Waals surface area (Å²) < 4.78 is 0. The molecule has 0 amide bonds. The van der Waals surface area contributed by atoms with Crippen molar-refractivity contribution < 1.29 is 4.92 Å². The Kier molecular flexibility index (Phi) is 4.37. The van der Waals surface area contributed by atoms with Gasteiger partial charge >= 0.3 is 0 Å². The summed E-state index contributed by atoms with van der Waals surface area (Å²) in [7, 11) is 0. The summed E-state index contributed by atoms with van der Waals surface area (Å²) in [6.07, 6.45) is 2.60. The van der Waals surface area contributed by atoms with Gasteiger partial charge in [0.2, 0.25) is 0 Å². The Labute approximate surface area is 95.0 Å². The van der Waals surface area contributed by atoms with Gasteiger partial charge in [0.15, 0.2) is 0 Å². The van der Waals surface area contributed by atoms with Crippen LogP contribution in [0.15, 0.2) is 6.20 Å². The number of aromatic nitrogens is 1. The van der Waals surface area contributed by atoms with E-state index < -0.39 is 0 Å². The summed E-state index contributed by atoms with van der Waals surface area (Å²) in [4.78, 5) is 14.8. The van der Waals surface area contributed by atoms with Crippen molar-refractivity contribution in [1.29, 1.82) is 0 Å². The minimum atomic E-state index is -0.338. The second-order valence-corrected chi connectivity index (χ2v) is 3.80. The lowest BCUT2D eigenvalue weighted by Gasteiger charge is -2.07. The maximum absolute atomic E-state index is 10.9. The predicted molar refractivity (Wildman–Crippen MR) is 62.4 cm³/mol. The van der Waals surface area contributed by atoms with Crippen molar-refractivity contribution in [2.75, 3.05) is 6.54 Å². The number of aryl methyl sites for hydroxylation is 1. The minimum Gasteiger partial charge on any atom is -0.311 e. The standard InChI is InChI=1S/C11H17N3O2/c1-4-5-12-7-10-9(3)11(14(15)16)8(2)6-13-10/h6,12H,4-5,7H2,1-3H3. The van der Waals surface area contributed by atoms with Crippen LogP contribution >= 0.6 is 0 Å². The number of nitro groups is 1. The molecule has 5 heteroatoms. The number of pyridine rings is 1. The van der Waals surface area contributed by atoms with Crippen molar-refractivity contribution in [3.8, 4) is 0 Å². The van der Waals surface area contributed by atoms with Gasteiger partial charge < -0.3 is 5.32 Å². The van der Waals surface area contributed by atoms with Crippen molar-refractivity contribution in [2.24, 2.45) is 0 Å². The van der Waals surface area contributed by atoms with E-state index in [1.54, 1.807) is 20.0 Å². The Balaban J connectivity index is 2.95. The second kappa shape index (κ2) is 5.55. The van der Waals surface area contributed by atoms with E-state index in [-0.39, 0.29) is 10.6 Å². The van der Waals surface area contributed by atoms with Gasteiger partial charge in [0, 0.05) is 23.9 Å². The number of hydrogen-bond donors (Lipinski definition) is 1. The molecule has 0 fully saturated rings. The van der Waals surface area contributed by atoms with E-state index in [0.717, 1.165) is 18.7 Å². The highest BCUT2D eigenvalue weighted by molar-refractivity contribution is 5.47. The zero-order valence-corrected chi connectivity index (χ0v) is 9.91. The third kappa shape index (κ3) is 2.76. The minimum absolute atomic E-state index is 0.184. The molecule has 16 heavy (non-hydrogen) atoms. The van der Waals surface area contributed by atoms with Crippen molar-refractivity contribution in [1.82, 2.24) is 10.3 Å². The first-order valence-corrected chi connectivity index (χ1v) is 5.38. The summed E-state index contributed by atoms with van der Waals surface area (Å²) in [5.74, 6) is 0. The molecule has 0 aromatic carbocycles. The van der Waals surface area contributed by atoms with E-state index in [4.69, 9.17) is 0 Å². The Morgan fingerprint density at radius 2 is 2.19 bits per heavy atom. The highest BCUT2D eigenvalue weighted by atomic mass is 16.6. The summed E-state index contributed by atoms with van der Waals surface area (Å²) in [5, 5.41) is 14.1. The Morgan fingerprint density at radius 1 is 1.50 bits per heavy atom. The predicted octanol–water partition coefficient (Wildman–Crippen LogP) is 2.11. The van der Waals surface area contributed by atoms with Gasteiger partial charge in [0.1, 0.15) is 0 Å². The molecule has 0 saturated carbocycles. The van der Waals surface area contributed by atoms with Gasteiger partial charge in [-0.3, -0.25) is 15.1 Å². The highest BCUT2D eigenvalue weighted by Crippen LogP contribution is 2.23. The molecule has 0 bridgehead atoms. The van der Waals surface area contributed by atoms with E-state index in [2.05, 4.69) is 17.2 Å². The van der Waals surface area contributed by atoms with Crippen LogP contribution in [0.4, 0.5) is 5.69 Å². The van der Waals surface area contributed by atoms with Crippen LogP contribution in [0.2, 0.25) is 0 Å². The molecule has 0 radical (unpaired) electrons. The number of nitrogens with zero attached hydrogens (tertiary/aromatic N) is 2. The quantitative estimate of drug-likeness (QED) is 0.471. The van der Waals surface area contributed by atoms with Crippen LogP contribution in [0.1, 0.15) is 30.2 Å². The van der Waals surface area contributed by atoms with Gasteiger partial charge in [-0.05, 0) is 26.8 Å². The summed E-state index contributed by atoms with van der Waals surface area (Å²) >= 11 is 0. The fraction of sp³-hybridized carbons (Fsp3) is 0.545. The molecule has 0 aliphatic rings. The number of rotatable bonds is 5. The first-order chi connectivity index (χ1) is 7.57. The molecule has 0 aliphatic heterocycles. The molecule has 0 saturated heterocycles. The molecule has 1 rings (SSSR count). The molecule has 88 valence electrons. The lowest BCUT2D eigenvalue weighted by molar-refractivity contribution is -0.386. The van der Waals surface area contributed by atoms with Crippen LogP contribution in [0, 0.1) is 24.0 Å². The van der Waals surface area contributed by atoms with E-state index in [1.807, 2.05) is 0 Å². The molecule has 1 aromatic heterocycles. The summed E-state index contributed by atoms with van der Waals surface area (Å²) in [6, 6.07) is 0. The third-order valence-corrected chi connectivity index (χ3v) is 2.48. The van der Waals surface area contributed by atoms with Crippen LogP contribution in [0.3, 0.4) is 0 Å². The molecule has 5 nitrogen and oxygen atoms in total. The molecule has 1 N–H and O–H groups in total. The zero-order chi connectivity index (χ0) is 12.1. The smallest absolute Gasteiger partial charge is 0.278 e. The monoisotopic (exact) mass is 223 g/mol. The SMILES string of the molecule is CCCNCc1ncc(C)c([N+](=O)[O-])c1C. The average molecular weight is 223 g/mol. The van der Waals surface area contributed by atoms with E-state index in [0.29, 0.717) is 17.7 Å². The zero-order valence-electron chi connectivity index (χ0n) is 9.91. The Morgan fingerprint density at radius 3 is 2.75 bits per heavy atom. The van der Waals surface area contributed by atoms with Crippen molar-refractivity contribution in [3.63, 3.8) is 0 Å². The molecule has 1 aromatic rings. The summed E-state index contributed by atoms with van der Waals surface area (Å²) in [6.45, 7) is 7.01. The molecule has 1 heterocycles. The fourth-order valence-corrected chi connectivity index (χ4v) is 1.61. The van der Waals surface area contributed by atoms with Crippen LogP contribution in [-0.2, 0) is 6.54 Å². The lowest BCUT2D eigenvalue weighted by atomic mass is 10.1. The highest BCUT2D eigenvalue weighted by Gasteiger charge is 2.17. The van der Waals surface area contributed by atoms with Crippen LogP contribution in [-0.4, -0.2) is 16.5 Å². The molecular formula is C11H17N3O2. The van der Waals surface area contributed by atoms with Gasteiger partial charge in [-0.25, -0.2) is 0 Å². The van der Waals surface area contributed by atoms with Gasteiger partial charge in [-0.15, -0.1) is 0 Å². The molecule has 0 unspecified atom stereocenters. The largest absolute Gasteiger partial charge is 0.311 e. The van der Waals surface area contributed by atoms with Gasteiger partial charge in [0.25, 0.3) is 5.69 Å². The topological polar surface area (TPSA) is 68.1 Å². The van der Waals surface area contributed by atoms with Crippen molar-refractivity contribution in [2.45, 2.75) is 33.7 Å². The summed E-state index contributed by atoms with van der Waals surface area (Å²) in [5.41, 5.74) is 2.21. The maximum atomic E-state index is 10.9. The second-order valence-electron chi connectivity index (χ2n) is 3.80. The van der Waals surface area contributed by atoms with E-state index in [9.17, 15) is 10.1 Å². The molecule has 0 spiro atoms. The van der Waals surface area contributed by atoms with Gasteiger partial charge in [-0.1, -0.05) is 6.92 Å². The molecule has 0 aliphatic carbocycles. The van der Waals surface area contributed by atoms with Crippen molar-refractivity contribution in [3.05, 3.63) is 33.1 Å². The van der Waals surface area contributed by atoms with E-state index >= 15 is 0 Å². The van der Waals surface area contributed by atoms with Crippen LogP contribution in [0.5, 0.6) is 0 Å². The van der Waals surface area contributed by atoms with Gasteiger partial charge in [0.05, 0.1) is 10.6 Å². The van der Waals surface area contributed by atoms with Crippen LogP contribution < -0.4 is 5.32 Å². The van der Waals surface area contributed by atoms with Crippen molar-refractivity contribution >= 4 is 5.69 Å². The van der Waals surface area contributed by atoms with Crippen LogP contribution in [0.25, 0.3) is 0 Å². The normalized spacial score (nSPS) is 10.4. The first-order valence-electron chi connectivity index (χ1n) is 5.38. The lowest BCUT2D eigenvalue weighted by Crippen LogP contribution is -2.16. The Bertz CT molecular complexity index is 391. The Hall–Kier alpha value is -1.49. The van der Waals surface area contributed by atoms with E-state index in [1.165, 1.54) is 0 Å².